The fourth-order valence-corrected chi connectivity index (χ4v) is 2.93. The molecule has 0 fully saturated rings. The van der Waals surface area contributed by atoms with Crippen LogP contribution in [0.5, 0.6) is 0 Å². The Morgan fingerprint density at radius 2 is 1.74 bits per heavy atom. The lowest BCUT2D eigenvalue weighted by Gasteiger charge is -2.25. The van der Waals surface area contributed by atoms with Gasteiger partial charge in [0.15, 0.2) is 11.6 Å². The lowest BCUT2D eigenvalue weighted by atomic mass is 10.1. The summed E-state index contributed by atoms with van der Waals surface area (Å²) in [5, 5.41) is 46.7. The van der Waals surface area contributed by atoms with Crippen LogP contribution in [0.15, 0.2) is 12.1 Å². The maximum absolute atomic E-state index is 10.4. The highest BCUT2D eigenvalue weighted by Crippen LogP contribution is 2.28. The molecule has 2 aliphatic rings. The van der Waals surface area contributed by atoms with Gasteiger partial charge in [-0.15, -0.1) is 0 Å². The smallest absolute Gasteiger partial charge is 0.245 e. The van der Waals surface area contributed by atoms with Gasteiger partial charge in [0.25, 0.3) is 0 Å². The zero-order chi connectivity index (χ0) is 19.9. The molecule has 0 saturated heterocycles. The van der Waals surface area contributed by atoms with Crippen LogP contribution in [0.25, 0.3) is 22.6 Å². The average Bonchev–Trinajstić information content (AvgIpc) is 2.62. The Bertz CT molecular complexity index is 1020. The van der Waals surface area contributed by atoms with E-state index in [1.165, 1.54) is 0 Å². The minimum atomic E-state index is -1.57. The Kier molecular flexibility index (Phi) is 5.07. The number of nitrogens with one attached hydrogen (secondary N) is 1. The summed E-state index contributed by atoms with van der Waals surface area (Å²) in [5.74, 6) is 0.261. The molecule has 3 atom stereocenters. The van der Waals surface area contributed by atoms with Crippen molar-refractivity contribution in [1.82, 2.24) is 19.5 Å². The monoisotopic (exact) mass is 374 g/mol. The number of aromatic nitrogens is 4. The van der Waals surface area contributed by atoms with E-state index in [2.05, 4.69) is 15.0 Å². The lowest BCUT2D eigenvalue weighted by molar-refractivity contribution is -0.0802. The van der Waals surface area contributed by atoms with E-state index in [1.54, 1.807) is 4.57 Å². The van der Waals surface area contributed by atoms with Gasteiger partial charge in [0, 0.05) is 0 Å². The third-order valence-electron chi connectivity index (χ3n) is 4.61. The predicted molar refractivity (Wildman–Crippen MR) is 96.8 cm³/mol. The fourth-order valence-electron chi connectivity index (χ4n) is 2.93. The molecule has 0 aliphatic carbocycles. The topological polar surface area (TPSA) is 174 Å². The molecule has 0 aromatic heterocycles. The number of hydrogen-bond donors (Lipinski definition) is 6. The molecule has 0 amide bonds. The zero-order valence-electron chi connectivity index (χ0n) is 15.0. The van der Waals surface area contributed by atoms with Crippen LogP contribution in [0.2, 0.25) is 0 Å². The second-order valence-electron chi connectivity index (χ2n) is 6.56. The van der Waals surface area contributed by atoms with Crippen molar-refractivity contribution in [3.8, 4) is 11.5 Å². The number of aliphatic hydroxyl groups excluding tert-OH is 4. The summed E-state index contributed by atoms with van der Waals surface area (Å²) in [5.41, 5.74) is 9.08. The molecule has 0 bridgehead atoms. The summed E-state index contributed by atoms with van der Waals surface area (Å²) < 4.78 is 1.58. The Balaban J connectivity index is 2.26. The zero-order valence-corrected chi connectivity index (χ0v) is 15.0. The van der Waals surface area contributed by atoms with Gasteiger partial charge in [-0.1, -0.05) is 0 Å². The molecule has 7 N–H and O–H groups in total. The molecular weight excluding hydrogens is 352 g/mol. The predicted octanol–water partition coefficient (Wildman–Crippen LogP) is -1.32. The molecule has 10 nitrogen and oxygen atoms in total. The first-order valence-electron chi connectivity index (χ1n) is 8.37. The van der Waals surface area contributed by atoms with Gasteiger partial charge >= 0.3 is 0 Å². The molecule has 27 heavy (non-hydrogen) atoms. The van der Waals surface area contributed by atoms with Gasteiger partial charge in [0.1, 0.15) is 24.0 Å². The quantitative estimate of drug-likeness (QED) is 0.298. The molecule has 1 aromatic carbocycles. The molecule has 2 heterocycles. The van der Waals surface area contributed by atoms with Crippen molar-refractivity contribution in [3.63, 3.8) is 0 Å². The van der Waals surface area contributed by atoms with E-state index in [9.17, 15) is 15.3 Å². The molecule has 144 valence electrons. The van der Waals surface area contributed by atoms with Crippen LogP contribution in [0, 0.1) is 19.3 Å². The minimum Gasteiger partial charge on any atom is -0.394 e. The highest BCUT2D eigenvalue weighted by Gasteiger charge is 2.27. The first-order valence-corrected chi connectivity index (χ1v) is 8.37. The SMILES string of the molecule is Cc1cc2nc3c(N)nc(=N)nc-3n(C[C@H](O)[C@H](O)[C@H](O)CO)c2cc1C. The van der Waals surface area contributed by atoms with Crippen molar-refractivity contribution >= 4 is 16.9 Å². The van der Waals surface area contributed by atoms with Crippen molar-refractivity contribution in [1.29, 1.82) is 5.41 Å². The molecule has 0 spiro atoms. The largest absolute Gasteiger partial charge is 0.394 e. The van der Waals surface area contributed by atoms with Gasteiger partial charge < -0.3 is 30.7 Å². The van der Waals surface area contributed by atoms with Gasteiger partial charge in [-0.2, -0.15) is 9.97 Å². The first-order chi connectivity index (χ1) is 12.7. The van der Waals surface area contributed by atoms with Gasteiger partial charge in [-0.25, -0.2) is 4.98 Å². The van der Waals surface area contributed by atoms with Gasteiger partial charge in [-0.3, -0.25) is 5.41 Å². The molecule has 1 aromatic rings. The molecule has 0 saturated carbocycles. The van der Waals surface area contributed by atoms with Crippen LogP contribution in [0.4, 0.5) is 5.82 Å². The van der Waals surface area contributed by atoms with Crippen LogP contribution in [0.1, 0.15) is 11.1 Å². The number of benzene rings is 1. The Morgan fingerprint density at radius 3 is 2.41 bits per heavy atom. The molecule has 2 aliphatic heterocycles. The third kappa shape index (κ3) is 3.47. The van der Waals surface area contributed by atoms with Crippen molar-refractivity contribution in [2.75, 3.05) is 12.3 Å². The third-order valence-corrected chi connectivity index (χ3v) is 4.61. The summed E-state index contributed by atoms with van der Waals surface area (Å²) in [6.07, 6.45) is -4.46. The number of nitrogen functional groups attached to an aromatic ring is 1. The van der Waals surface area contributed by atoms with Crippen LogP contribution in [-0.4, -0.2) is 64.9 Å². The molecular formula is C17H22N6O4. The van der Waals surface area contributed by atoms with Crippen LogP contribution in [-0.2, 0) is 6.54 Å². The normalized spacial score (nSPS) is 15.2. The highest BCUT2D eigenvalue weighted by molar-refractivity contribution is 5.83. The lowest BCUT2D eigenvalue weighted by Crippen LogP contribution is -2.42. The standard InChI is InChI=1S/C17H22N6O4/c1-7-3-9-10(4-8(7)2)23(5-11(25)14(27)12(26)6-24)16-13(20-9)15(18)21-17(19)22-16/h3-4,11-12,14,24-27H,5-6H2,1-2H3,(H3,18,19,21)/t11-,12+,14-/m0/s1. The second-order valence-corrected chi connectivity index (χ2v) is 6.56. The van der Waals surface area contributed by atoms with Crippen molar-refractivity contribution < 1.29 is 20.4 Å². The number of aliphatic hydroxyl groups is 4. The van der Waals surface area contributed by atoms with E-state index >= 15 is 0 Å². The maximum atomic E-state index is 10.4. The van der Waals surface area contributed by atoms with E-state index in [1.807, 2.05) is 26.0 Å². The molecule has 3 rings (SSSR count). The number of anilines is 1. The maximum Gasteiger partial charge on any atom is 0.245 e. The minimum absolute atomic E-state index is 0.0318. The Labute approximate surface area is 154 Å². The van der Waals surface area contributed by atoms with Crippen LogP contribution in [0.3, 0.4) is 0 Å². The van der Waals surface area contributed by atoms with Crippen molar-refractivity contribution in [2.24, 2.45) is 0 Å². The van der Waals surface area contributed by atoms with Gasteiger partial charge in [0.2, 0.25) is 5.62 Å². The van der Waals surface area contributed by atoms with Crippen LogP contribution >= 0.6 is 0 Å². The number of nitrogens with two attached hydrogens (primary N) is 1. The van der Waals surface area contributed by atoms with E-state index in [4.69, 9.17) is 16.2 Å². The van der Waals surface area contributed by atoms with E-state index in [0.29, 0.717) is 11.0 Å². The average molecular weight is 374 g/mol. The Morgan fingerprint density at radius 1 is 1.07 bits per heavy atom. The highest BCUT2D eigenvalue weighted by atomic mass is 16.4. The summed E-state index contributed by atoms with van der Waals surface area (Å²) >= 11 is 0. The Hall–Kier alpha value is -2.66. The number of nitrogens with zero attached hydrogens (tertiary/aromatic N) is 4. The fraction of sp³-hybridized carbons (Fsp3) is 0.412. The second kappa shape index (κ2) is 7.16. The number of aryl methyl sites for hydroxylation is 2. The van der Waals surface area contributed by atoms with Gasteiger partial charge in [-0.05, 0) is 37.1 Å². The van der Waals surface area contributed by atoms with Gasteiger partial charge in [0.05, 0.1) is 24.2 Å². The van der Waals surface area contributed by atoms with Crippen molar-refractivity contribution in [2.45, 2.75) is 38.7 Å². The first kappa shape index (κ1) is 19.1. The summed E-state index contributed by atoms with van der Waals surface area (Å²) in [6.45, 7) is 3.01. The van der Waals surface area contributed by atoms with E-state index in [-0.39, 0.29) is 29.5 Å². The van der Waals surface area contributed by atoms with Crippen molar-refractivity contribution in [3.05, 3.63) is 28.9 Å². The molecule has 0 radical (unpaired) electrons. The number of hydrogen-bond acceptors (Lipinski definition) is 9. The summed E-state index contributed by atoms with van der Waals surface area (Å²) in [6, 6.07) is 3.72. The summed E-state index contributed by atoms with van der Waals surface area (Å²) in [7, 11) is 0. The molecule has 10 heteroatoms. The summed E-state index contributed by atoms with van der Waals surface area (Å²) in [4.78, 5) is 12.4. The number of fused-ring (bicyclic) bond motifs is 2. The van der Waals surface area contributed by atoms with E-state index in [0.717, 1.165) is 11.1 Å². The molecule has 0 unspecified atom stereocenters. The number of rotatable bonds is 5. The van der Waals surface area contributed by atoms with E-state index < -0.39 is 24.9 Å². The van der Waals surface area contributed by atoms with Crippen LogP contribution < -0.4 is 11.4 Å².